The Kier molecular flexibility index (Phi) is 6.24. The van der Waals surface area contributed by atoms with Gasteiger partial charge < -0.3 is 11.1 Å². The highest BCUT2D eigenvalue weighted by Crippen LogP contribution is 2.21. The Morgan fingerprint density at radius 2 is 1.46 bits per heavy atom. The Balaban J connectivity index is 1.62. The Bertz CT molecular complexity index is 1000. The van der Waals surface area contributed by atoms with Crippen LogP contribution in [0.2, 0.25) is 0 Å². The third kappa shape index (κ3) is 5.08. The molecule has 0 aliphatic carbocycles. The third-order valence-electron chi connectivity index (χ3n) is 3.99. The van der Waals surface area contributed by atoms with E-state index in [0.29, 0.717) is 28.1 Å². The van der Waals surface area contributed by atoms with Gasteiger partial charge in [0.1, 0.15) is 0 Å². The predicted octanol–water partition coefficient (Wildman–Crippen LogP) is 4.01. The summed E-state index contributed by atoms with van der Waals surface area (Å²) in [6, 6.07) is 22.6. The first-order valence-electron chi connectivity index (χ1n) is 8.55. The molecule has 3 rings (SSSR count). The van der Waals surface area contributed by atoms with Crippen molar-refractivity contribution in [2.24, 2.45) is 5.73 Å². The molecule has 3 N–H and O–H groups in total. The van der Waals surface area contributed by atoms with Gasteiger partial charge in [-0.3, -0.25) is 14.4 Å². The van der Waals surface area contributed by atoms with Gasteiger partial charge in [-0.05, 0) is 42.5 Å². The van der Waals surface area contributed by atoms with Gasteiger partial charge in [0, 0.05) is 27.3 Å². The van der Waals surface area contributed by atoms with Gasteiger partial charge in [0.15, 0.2) is 5.78 Å². The first-order valence-corrected chi connectivity index (χ1v) is 9.54. The number of amides is 2. The maximum Gasteiger partial charge on any atom is 0.255 e. The number of thioether (sulfide) groups is 1. The van der Waals surface area contributed by atoms with Crippen LogP contribution in [-0.2, 0) is 0 Å². The van der Waals surface area contributed by atoms with Crippen LogP contribution in [0.1, 0.15) is 31.1 Å². The van der Waals surface area contributed by atoms with E-state index in [1.165, 1.54) is 11.8 Å². The van der Waals surface area contributed by atoms with Crippen LogP contribution in [0.5, 0.6) is 0 Å². The van der Waals surface area contributed by atoms with Crippen molar-refractivity contribution in [2.45, 2.75) is 4.90 Å². The summed E-state index contributed by atoms with van der Waals surface area (Å²) in [5.74, 6) is -0.463. The van der Waals surface area contributed by atoms with E-state index >= 15 is 0 Å². The highest BCUT2D eigenvalue weighted by molar-refractivity contribution is 8.00. The fourth-order valence-corrected chi connectivity index (χ4v) is 3.35. The van der Waals surface area contributed by atoms with Crippen molar-refractivity contribution in [3.63, 3.8) is 0 Å². The summed E-state index contributed by atoms with van der Waals surface area (Å²) in [5.41, 5.74) is 7.30. The number of nitrogens with two attached hydrogens (primary N) is 1. The number of hydrogen-bond acceptors (Lipinski definition) is 4. The second-order valence-corrected chi connectivity index (χ2v) is 7.05. The van der Waals surface area contributed by atoms with Gasteiger partial charge in [0.05, 0.1) is 5.75 Å². The average molecular weight is 390 g/mol. The fourth-order valence-electron chi connectivity index (χ4n) is 2.50. The standard InChI is InChI=1S/C22H18N2O3S/c23-21(26)16-9-11-18(12-10-16)24-22(27)17-7-4-8-19(13-17)28-14-20(25)15-5-2-1-3-6-15/h1-13H,14H2,(H2,23,26)(H,24,27). The number of anilines is 1. The average Bonchev–Trinajstić information content (AvgIpc) is 2.73. The molecule has 0 unspecified atom stereocenters. The molecular weight excluding hydrogens is 372 g/mol. The van der Waals surface area contributed by atoms with Crippen molar-refractivity contribution in [1.29, 1.82) is 0 Å². The molecule has 0 bridgehead atoms. The molecule has 2 amide bonds. The third-order valence-corrected chi connectivity index (χ3v) is 4.98. The number of carbonyl (C=O) groups excluding carboxylic acids is 3. The minimum absolute atomic E-state index is 0.0370. The molecule has 0 saturated heterocycles. The van der Waals surface area contributed by atoms with E-state index in [4.69, 9.17) is 5.73 Å². The smallest absolute Gasteiger partial charge is 0.255 e. The Morgan fingerprint density at radius 1 is 0.786 bits per heavy atom. The normalized spacial score (nSPS) is 10.3. The molecule has 0 saturated carbocycles. The molecule has 0 fully saturated rings. The zero-order valence-corrected chi connectivity index (χ0v) is 15.7. The molecular formula is C22H18N2O3S. The number of primary amides is 1. The molecule has 0 aromatic heterocycles. The molecule has 0 aliphatic heterocycles. The minimum atomic E-state index is -0.521. The number of hydrogen-bond donors (Lipinski definition) is 2. The van der Waals surface area contributed by atoms with Gasteiger partial charge in [-0.25, -0.2) is 0 Å². The topological polar surface area (TPSA) is 89.3 Å². The van der Waals surface area contributed by atoms with E-state index in [2.05, 4.69) is 5.32 Å². The van der Waals surface area contributed by atoms with E-state index in [-0.39, 0.29) is 11.7 Å². The van der Waals surface area contributed by atoms with Crippen LogP contribution < -0.4 is 11.1 Å². The van der Waals surface area contributed by atoms with E-state index in [1.807, 2.05) is 24.3 Å². The highest BCUT2D eigenvalue weighted by Gasteiger charge is 2.10. The maximum absolute atomic E-state index is 12.5. The molecule has 0 atom stereocenters. The lowest BCUT2D eigenvalue weighted by Gasteiger charge is -2.07. The summed E-state index contributed by atoms with van der Waals surface area (Å²) in [7, 11) is 0. The number of ketones is 1. The van der Waals surface area contributed by atoms with Crippen LogP contribution in [0, 0.1) is 0 Å². The second kappa shape index (κ2) is 9.01. The lowest BCUT2D eigenvalue weighted by Crippen LogP contribution is -2.13. The van der Waals surface area contributed by atoms with Gasteiger partial charge >= 0.3 is 0 Å². The minimum Gasteiger partial charge on any atom is -0.366 e. The van der Waals surface area contributed by atoms with Gasteiger partial charge in [0.2, 0.25) is 5.91 Å². The zero-order chi connectivity index (χ0) is 19.9. The molecule has 0 spiro atoms. The Hall–Kier alpha value is -3.38. The van der Waals surface area contributed by atoms with Crippen molar-refractivity contribution >= 4 is 35.0 Å². The largest absolute Gasteiger partial charge is 0.366 e. The zero-order valence-electron chi connectivity index (χ0n) is 14.9. The Morgan fingerprint density at radius 3 is 2.14 bits per heavy atom. The number of Topliss-reactive ketones (excluding diaryl/α,β-unsaturated/α-hetero) is 1. The molecule has 6 heteroatoms. The van der Waals surface area contributed by atoms with Crippen LogP contribution in [0.25, 0.3) is 0 Å². The molecule has 28 heavy (non-hydrogen) atoms. The summed E-state index contributed by atoms with van der Waals surface area (Å²) in [5, 5.41) is 2.78. The molecule has 0 heterocycles. The lowest BCUT2D eigenvalue weighted by molar-refractivity contribution is 0.0996. The van der Waals surface area contributed by atoms with Gasteiger partial charge in [0.25, 0.3) is 5.91 Å². The monoisotopic (exact) mass is 390 g/mol. The number of nitrogens with one attached hydrogen (secondary N) is 1. The van der Waals surface area contributed by atoms with Crippen molar-refractivity contribution in [3.05, 3.63) is 95.6 Å². The number of benzene rings is 3. The van der Waals surface area contributed by atoms with Crippen LogP contribution >= 0.6 is 11.8 Å². The summed E-state index contributed by atoms with van der Waals surface area (Å²) >= 11 is 1.39. The van der Waals surface area contributed by atoms with Crippen molar-refractivity contribution < 1.29 is 14.4 Å². The molecule has 0 aliphatic rings. The summed E-state index contributed by atoms with van der Waals surface area (Å²) in [6.07, 6.45) is 0. The first kappa shape index (κ1) is 19.4. The second-order valence-electron chi connectivity index (χ2n) is 6.00. The first-order chi connectivity index (χ1) is 13.5. The van der Waals surface area contributed by atoms with Crippen molar-refractivity contribution in [2.75, 3.05) is 11.1 Å². The van der Waals surface area contributed by atoms with E-state index < -0.39 is 5.91 Å². The number of rotatable bonds is 7. The lowest BCUT2D eigenvalue weighted by atomic mass is 10.1. The molecule has 5 nitrogen and oxygen atoms in total. The molecule has 3 aromatic carbocycles. The van der Waals surface area contributed by atoms with Gasteiger partial charge in [-0.1, -0.05) is 36.4 Å². The highest BCUT2D eigenvalue weighted by atomic mass is 32.2. The van der Waals surface area contributed by atoms with Gasteiger partial charge in [-0.15, -0.1) is 11.8 Å². The molecule has 3 aromatic rings. The molecule has 140 valence electrons. The van der Waals surface area contributed by atoms with Crippen LogP contribution in [0.15, 0.2) is 83.8 Å². The summed E-state index contributed by atoms with van der Waals surface area (Å²) < 4.78 is 0. The van der Waals surface area contributed by atoms with E-state index in [1.54, 1.807) is 54.6 Å². The number of carbonyl (C=O) groups is 3. The maximum atomic E-state index is 12.5. The van der Waals surface area contributed by atoms with Crippen LogP contribution in [0.4, 0.5) is 5.69 Å². The summed E-state index contributed by atoms with van der Waals surface area (Å²) in [4.78, 5) is 36.6. The predicted molar refractivity (Wildman–Crippen MR) is 111 cm³/mol. The van der Waals surface area contributed by atoms with Crippen molar-refractivity contribution in [1.82, 2.24) is 0 Å². The van der Waals surface area contributed by atoms with Crippen LogP contribution in [0.3, 0.4) is 0 Å². The molecule has 0 radical (unpaired) electrons. The fraction of sp³-hybridized carbons (Fsp3) is 0.0455. The van der Waals surface area contributed by atoms with Crippen molar-refractivity contribution in [3.8, 4) is 0 Å². The SMILES string of the molecule is NC(=O)c1ccc(NC(=O)c2cccc(SCC(=O)c3ccccc3)c2)cc1. The van der Waals surface area contributed by atoms with E-state index in [9.17, 15) is 14.4 Å². The quantitative estimate of drug-likeness (QED) is 0.471. The van der Waals surface area contributed by atoms with Gasteiger partial charge in [-0.2, -0.15) is 0 Å². The van der Waals surface area contributed by atoms with E-state index in [0.717, 1.165) is 4.90 Å². The Labute approximate surface area is 167 Å². The van der Waals surface area contributed by atoms with Crippen LogP contribution in [-0.4, -0.2) is 23.4 Å². The summed E-state index contributed by atoms with van der Waals surface area (Å²) in [6.45, 7) is 0.